The summed E-state index contributed by atoms with van der Waals surface area (Å²) in [6.07, 6.45) is 3.12. The zero-order valence-corrected chi connectivity index (χ0v) is 12.2. The van der Waals surface area contributed by atoms with E-state index in [-0.39, 0.29) is 5.97 Å². The first-order valence-corrected chi connectivity index (χ1v) is 6.76. The van der Waals surface area contributed by atoms with E-state index < -0.39 is 0 Å². The monoisotopic (exact) mass is 279 g/mol. The highest BCUT2D eigenvalue weighted by Crippen LogP contribution is 2.34. The van der Waals surface area contributed by atoms with Crippen LogP contribution < -0.4 is 14.8 Å². The van der Waals surface area contributed by atoms with Crippen molar-refractivity contribution in [2.24, 2.45) is 0 Å². The number of hydrogen-bond acceptors (Lipinski definition) is 5. The Labute approximate surface area is 119 Å². The van der Waals surface area contributed by atoms with Crippen LogP contribution in [0.4, 0.5) is 0 Å². The largest absolute Gasteiger partial charge is 0.493 e. The Balaban J connectivity index is 2.36. The van der Waals surface area contributed by atoms with E-state index in [2.05, 4.69) is 5.32 Å². The van der Waals surface area contributed by atoms with Crippen LogP contribution in [0.25, 0.3) is 0 Å². The van der Waals surface area contributed by atoms with Gasteiger partial charge in [0.1, 0.15) is 0 Å². The number of nitrogens with one attached hydrogen (secondary N) is 1. The van der Waals surface area contributed by atoms with E-state index in [1.807, 2.05) is 6.07 Å². The van der Waals surface area contributed by atoms with Gasteiger partial charge in [0.05, 0.1) is 26.9 Å². The summed E-state index contributed by atoms with van der Waals surface area (Å²) in [6, 6.07) is 3.89. The molecule has 1 aliphatic heterocycles. The Morgan fingerprint density at radius 3 is 2.65 bits per heavy atom. The molecular formula is C15H21NO4. The number of carbonyl (C=O) groups is 1. The summed E-state index contributed by atoms with van der Waals surface area (Å²) in [5.41, 5.74) is 1.45. The summed E-state index contributed by atoms with van der Waals surface area (Å²) >= 11 is 0. The molecule has 5 nitrogen and oxygen atoms in total. The zero-order valence-electron chi connectivity index (χ0n) is 12.2. The fourth-order valence-corrected chi connectivity index (χ4v) is 2.63. The molecule has 1 N–H and O–H groups in total. The second-order valence-corrected chi connectivity index (χ2v) is 4.86. The van der Waals surface area contributed by atoms with E-state index in [0.717, 1.165) is 24.9 Å². The van der Waals surface area contributed by atoms with Crippen LogP contribution in [0, 0.1) is 0 Å². The summed E-state index contributed by atoms with van der Waals surface area (Å²) in [5.74, 6) is 0.879. The van der Waals surface area contributed by atoms with Crippen LogP contribution in [0.3, 0.4) is 0 Å². The lowest BCUT2D eigenvalue weighted by Gasteiger charge is -2.17. The van der Waals surface area contributed by atoms with Gasteiger partial charge >= 0.3 is 5.97 Å². The maximum absolute atomic E-state index is 11.7. The Hall–Kier alpha value is -1.75. The summed E-state index contributed by atoms with van der Waals surface area (Å²) in [4.78, 5) is 11.7. The predicted molar refractivity (Wildman–Crippen MR) is 75.6 cm³/mol. The van der Waals surface area contributed by atoms with E-state index in [1.54, 1.807) is 20.3 Å². The van der Waals surface area contributed by atoms with Gasteiger partial charge < -0.3 is 19.5 Å². The van der Waals surface area contributed by atoms with Gasteiger partial charge in [-0.1, -0.05) is 0 Å². The highest BCUT2D eigenvalue weighted by molar-refractivity contribution is 5.90. The highest BCUT2D eigenvalue weighted by atomic mass is 16.5. The van der Waals surface area contributed by atoms with Crippen molar-refractivity contribution >= 4 is 5.97 Å². The molecule has 0 amide bonds. The molecule has 1 aromatic rings. The van der Waals surface area contributed by atoms with Gasteiger partial charge in [-0.2, -0.15) is 0 Å². The second kappa shape index (κ2) is 6.61. The van der Waals surface area contributed by atoms with Crippen molar-refractivity contribution in [1.29, 1.82) is 0 Å². The molecule has 0 saturated carbocycles. The normalized spacial score (nSPS) is 17.9. The van der Waals surface area contributed by atoms with Crippen molar-refractivity contribution in [3.05, 3.63) is 23.3 Å². The van der Waals surface area contributed by atoms with E-state index in [1.165, 1.54) is 13.5 Å². The first kappa shape index (κ1) is 14.7. The lowest BCUT2D eigenvalue weighted by molar-refractivity contribution is 0.0600. The molecule has 2 rings (SSSR count). The van der Waals surface area contributed by atoms with Crippen LogP contribution in [0.15, 0.2) is 12.1 Å². The Kier molecular flexibility index (Phi) is 4.84. The van der Waals surface area contributed by atoms with Crippen molar-refractivity contribution in [1.82, 2.24) is 5.32 Å². The van der Waals surface area contributed by atoms with Gasteiger partial charge in [-0.3, -0.25) is 0 Å². The number of carbonyl (C=O) groups excluding carboxylic acids is 1. The Morgan fingerprint density at radius 1 is 1.30 bits per heavy atom. The summed E-state index contributed by atoms with van der Waals surface area (Å²) < 4.78 is 15.5. The fraction of sp³-hybridized carbons (Fsp3) is 0.533. The number of hydrogen-bond donors (Lipinski definition) is 1. The van der Waals surface area contributed by atoms with Gasteiger partial charge in [0.25, 0.3) is 0 Å². The van der Waals surface area contributed by atoms with Gasteiger partial charge in [-0.25, -0.2) is 4.79 Å². The first-order chi connectivity index (χ1) is 9.69. The van der Waals surface area contributed by atoms with E-state index >= 15 is 0 Å². The molecule has 1 aromatic carbocycles. The number of rotatable bonds is 5. The minimum absolute atomic E-state index is 0.369. The average molecular weight is 279 g/mol. The van der Waals surface area contributed by atoms with Gasteiger partial charge in [-0.05, 0) is 37.9 Å². The molecule has 1 unspecified atom stereocenters. The van der Waals surface area contributed by atoms with Crippen LogP contribution in [0.5, 0.6) is 11.5 Å². The summed E-state index contributed by atoms with van der Waals surface area (Å²) in [7, 11) is 4.55. The lowest BCUT2D eigenvalue weighted by atomic mass is 10.0. The third-order valence-electron chi connectivity index (χ3n) is 3.61. The number of methoxy groups -OCH3 is 3. The van der Waals surface area contributed by atoms with Crippen molar-refractivity contribution in [2.45, 2.75) is 25.3 Å². The number of esters is 1. The maximum atomic E-state index is 11.7. The minimum Gasteiger partial charge on any atom is -0.493 e. The third kappa shape index (κ3) is 3.04. The van der Waals surface area contributed by atoms with Crippen molar-refractivity contribution in [2.75, 3.05) is 27.9 Å². The number of benzene rings is 1. The highest BCUT2D eigenvalue weighted by Gasteiger charge is 2.21. The van der Waals surface area contributed by atoms with Gasteiger partial charge in [0.15, 0.2) is 11.5 Å². The quantitative estimate of drug-likeness (QED) is 0.833. The number of ether oxygens (including phenoxy) is 3. The topological polar surface area (TPSA) is 56.8 Å². The van der Waals surface area contributed by atoms with Crippen LogP contribution >= 0.6 is 0 Å². The molecule has 0 aromatic heterocycles. The second-order valence-electron chi connectivity index (χ2n) is 4.86. The zero-order chi connectivity index (χ0) is 14.5. The molecule has 0 bridgehead atoms. The Bertz CT molecular complexity index is 481. The molecule has 20 heavy (non-hydrogen) atoms. The van der Waals surface area contributed by atoms with E-state index in [9.17, 15) is 4.79 Å². The molecular weight excluding hydrogens is 258 g/mol. The van der Waals surface area contributed by atoms with Gasteiger partial charge in [-0.15, -0.1) is 0 Å². The van der Waals surface area contributed by atoms with Gasteiger partial charge in [0, 0.05) is 11.6 Å². The average Bonchev–Trinajstić information content (AvgIpc) is 2.98. The fourth-order valence-electron chi connectivity index (χ4n) is 2.63. The summed E-state index contributed by atoms with van der Waals surface area (Å²) in [6.45, 7) is 1.04. The molecule has 1 heterocycles. The third-order valence-corrected chi connectivity index (χ3v) is 3.61. The minimum atomic E-state index is -0.369. The van der Waals surface area contributed by atoms with Crippen LogP contribution in [0.2, 0.25) is 0 Å². The maximum Gasteiger partial charge on any atom is 0.337 e. The van der Waals surface area contributed by atoms with E-state index in [0.29, 0.717) is 23.1 Å². The molecule has 0 spiro atoms. The summed E-state index contributed by atoms with van der Waals surface area (Å²) in [5, 5.41) is 3.44. The Morgan fingerprint density at radius 2 is 2.10 bits per heavy atom. The smallest absolute Gasteiger partial charge is 0.337 e. The van der Waals surface area contributed by atoms with Gasteiger partial charge in [0.2, 0.25) is 0 Å². The predicted octanol–water partition coefficient (Wildman–Crippen LogP) is 1.78. The van der Waals surface area contributed by atoms with E-state index in [4.69, 9.17) is 14.2 Å². The van der Waals surface area contributed by atoms with Crippen molar-refractivity contribution in [3.8, 4) is 11.5 Å². The van der Waals surface area contributed by atoms with Crippen LogP contribution in [-0.2, 0) is 11.2 Å². The first-order valence-electron chi connectivity index (χ1n) is 6.76. The lowest BCUT2D eigenvalue weighted by Crippen LogP contribution is -2.24. The van der Waals surface area contributed by atoms with Crippen molar-refractivity contribution in [3.63, 3.8) is 0 Å². The molecule has 0 radical (unpaired) electrons. The molecule has 5 heteroatoms. The molecule has 1 saturated heterocycles. The van der Waals surface area contributed by atoms with Crippen LogP contribution in [-0.4, -0.2) is 39.9 Å². The molecule has 1 aliphatic rings. The molecule has 1 fully saturated rings. The molecule has 110 valence electrons. The van der Waals surface area contributed by atoms with Crippen molar-refractivity contribution < 1.29 is 19.0 Å². The molecule has 1 atom stereocenters. The molecule has 0 aliphatic carbocycles. The van der Waals surface area contributed by atoms with Crippen LogP contribution in [0.1, 0.15) is 28.8 Å². The standard InChI is InChI=1S/C15H21NO4/c1-18-13-9-11(15(17)20-3)7-10(14(13)19-2)8-12-5-4-6-16-12/h7,9,12,16H,4-6,8H2,1-3H3. The SMILES string of the molecule is COC(=O)c1cc(CC2CCCN2)c(OC)c(OC)c1.